The summed E-state index contributed by atoms with van der Waals surface area (Å²) in [4.78, 5) is 12.0. The zero-order valence-corrected chi connectivity index (χ0v) is 13.3. The van der Waals surface area contributed by atoms with Gasteiger partial charge < -0.3 is 4.74 Å². The van der Waals surface area contributed by atoms with Gasteiger partial charge in [-0.05, 0) is 29.0 Å². The number of amides is 1. The average Bonchev–Trinajstić information content (AvgIpc) is 2.63. The molecule has 1 amide bonds. The fraction of sp³-hybridized carbons (Fsp3) is 0.0526. The van der Waals surface area contributed by atoms with Crippen molar-refractivity contribution in [2.24, 2.45) is 5.10 Å². The molecular weight excluding hydrogens is 345 g/mol. The maximum Gasteiger partial charge on any atom is 0.387 e. The van der Waals surface area contributed by atoms with Crippen molar-refractivity contribution in [2.75, 3.05) is 0 Å². The molecule has 0 aromatic heterocycles. The number of carbonyl (C=O) groups excluding carboxylic acids is 1. The normalized spacial score (nSPS) is 11.2. The van der Waals surface area contributed by atoms with Crippen LogP contribution in [0.5, 0.6) is 5.75 Å². The van der Waals surface area contributed by atoms with Crippen LogP contribution in [0, 0.1) is 5.82 Å². The fourth-order valence-electron chi connectivity index (χ4n) is 2.47. The largest absolute Gasteiger partial charge is 0.434 e. The third kappa shape index (κ3) is 3.83. The number of hydrogen-bond donors (Lipinski definition) is 1. The third-order valence-corrected chi connectivity index (χ3v) is 3.62. The molecule has 3 aromatic rings. The number of halogens is 3. The third-order valence-electron chi connectivity index (χ3n) is 3.62. The first-order valence-electron chi connectivity index (χ1n) is 7.61. The highest BCUT2D eigenvalue weighted by molar-refractivity contribution is 6.03. The molecule has 0 aliphatic carbocycles. The van der Waals surface area contributed by atoms with Gasteiger partial charge in [0.2, 0.25) is 0 Å². The number of rotatable bonds is 5. The van der Waals surface area contributed by atoms with Gasteiger partial charge in [-0.1, -0.05) is 42.5 Å². The average molecular weight is 358 g/mol. The quantitative estimate of drug-likeness (QED) is 0.545. The Labute approximate surface area is 146 Å². The summed E-state index contributed by atoms with van der Waals surface area (Å²) in [5, 5.41) is 5.17. The maximum absolute atomic E-state index is 13.6. The molecule has 0 heterocycles. The number of ether oxygens (including phenoxy) is 1. The minimum atomic E-state index is -3.00. The fourth-order valence-corrected chi connectivity index (χ4v) is 2.47. The Kier molecular flexibility index (Phi) is 5.17. The lowest BCUT2D eigenvalue weighted by Gasteiger charge is -2.10. The van der Waals surface area contributed by atoms with Crippen molar-refractivity contribution in [3.8, 4) is 5.75 Å². The molecule has 0 saturated carbocycles. The van der Waals surface area contributed by atoms with E-state index < -0.39 is 18.3 Å². The molecular formula is C19H13F3N2O2. The predicted octanol–water partition coefficient (Wildman–Crippen LogP) is 4.34. The highest BCUT2D eigenvalue weighted by atomic mass is 19.3. The molecule has 1 N–H and O–H groups in total. The zero-order chi connectivity index (χ0) is 18.5. The van der Waals surface area contributed by atoms with Gasteiger partial charge in [0.25, 0.3) is 5.91 Å². The monoisotopic (exact) mass is 358 g/mol. The van der Waals surface area contributed by atoms with Crippen LogP contribution in [0.3, 0.4) is 0 Å². The van der Waals surface area contributed by atoms with Crippen molar-refractivity contribution in [3.05, 3.63) is 77.6 Å². The summed E-state index contributed by atoms with van der Waals surface area (Å²) in [5.41, 5.74) is 2.28. The SMILES string of the molecule is O=C(N/N=C\c1c(OC(F)F)ccc2ccccc12)c1ccccc1F. The van der Waals surface area contributed by atoms with Crippen LogP contribution >= 0.6 is 0 Å². The van der Waals surface area contributed by atoms with E-state index in [4.69, 9.17) is 0 Å². The van der Waals surface area contributed by atoms with E-state index in [1.165, 1.54) is 30.5 Å². The van der Waals surface area contributed by atoms with Gasteiger partial charge >= 0.3 is 6.61 Å². The maximum atomic E-state index is 13.6. The Bertz CT molecular complexity index is 974. The topological polar surface area (TPSA) is 50.7 Å². The van der Waals surface area contributed by atoms with Gasteiger partial charge in [-0.15, -0.1) is 0 Å². The lowest BCUT2D eigenvalue weighted by molar-refractivity contribution is -0.0498. The number of nitrogens with one attached hydrogen (secondary N) is 1. The van der Waals surface area contributed by atoms with Gasteiger partial charge in [0.1, 0.15) is 11.6 Å². The Morgan fingerprint density at radius 2 is 1.77 bits per heavy atom. The van der Waals surface area contributed by atoms with Crippen LogP contribution in [-0.2, 0) is 0 Å². The minimum absolute atomic E-state index is 0.0809. The van der Waals surface area contributed by atoms with Crippen molar-refractivity contribution in [1.82, 2.24) is 5.43 Å². The molecule has 0 saturated heterocycles. The number of fused-ring (bicyclic) bond motifs is 1. The molecule has 0 fully saturated rings. The smallest absolute Gasteiger partial charge is 0.387 e. The minimum Gasteiger partial charge on any atom is -0.434 e. The molecule has 0 aliphatic heterocycles. The number of alkyl halides is 2. The van der Waals surface area contributed by atoms with E-state index in [0.29, 0.717) is 5.39 Å². The van der Waals surface area contributed by atoms with Crippen LogP contribution in [0.1, 0.15) is 15.9 Å². The summed E-state index contributed by atoms with van der Waals surface area (Å²) < 4.78 is 43.4. The van der Waals surface area contributed by atoms with Crippen LogP contribution < -0.4 is 10.2 Å². The van der Waals surface area contributed by atoms with Crippen molar-refractivity contribution in [3.63, 3.8) is 0 Å². The second-order valence-corrected chi connectivity index (χ2v) is 5.26. The highest BCUT2D eigenvalue weighted by Gasteiger charge is 2.13. The summed E-state index contributed by atoms with van der Waals surface area (Å²) in [7, 11) is 0. The molecule has 0 unspecified atom stereocenters. The first-order valence-corrected chi connectivity index (χ1v) is 7.61. The molecule has 0 atom stereocenters. The molecule has 26 heavy (non-hydrogen) atoms. The molecule has 3 rings (SSSR count). The number of nitrogens with zero attached hydrogens (tertiary/aromatic N) is 1. The molecule has 3 aromatic carbocycles. The van der Waals surface area contributed by atoms with Crippen LogP contribution in [0.4, 0.5) is 13.2 Å². The number of carbonyl (C=O) groups is 1. The number of benzene rings is 3. The van der Waals surface area contributed by atoms with E-state index in [9.17, 15) is 18.0 Å². The Hall–Kier alpha value is -3.35. The van der Waals surface area contributed by atoms with E-state index in [0.717, 1.165) is 11.5 Å². The molecule has 0 aliphatic rings. The molecule has 4 nitrogen and oxygen atoms in total. The van der Waals surface area contributed by atoms with Gasteiger partial charge in [0, 0.05) is 5.56 Å². The van der Waals surface area contributed by atoms with Gasteiger partial charge in [-0.3, -0.25) is 4.79 Å². The summed E-state index contributed by atoms with van der Waals surface area (Å²) >= 11 is 0. The van der Waals surface area contributed by atoms with E-state index in [1.807, 2.05) is 0 Å². The van der Waals surface area contributed by atoms with Crippen molar-refractivity contribution >= 4 is 22.9 Å². The van der Waals surface area contributed by atoms with Crippen molar-refractivity contribution in [1.29, 1.82) is 0 Å². The van der Waals surface area contributed by atoms with Crippen molar-refractivity contribution in [2.45, 2.75) is 6.61 Å². The summed E-state index contributed by atoms with van der Waals surface area (Å²) in [6.07, 6.45) is 1.19. The molecule has 0 radical (unpaired) electrons. The standard InChI is InChI=1S/C19H13F3N2O2/c20-16-8-4-3-7-14(16)18(25)24-23-11-15-13-6-2-1-5-12(13)9-10-17(15)26-19(21)22/h1-11,19H,(H,24,25)/b23-11-. The molecule has 7 heteroatoms. The zero-order valence-electron chi connectivity index (χ0n) is 13.3. The van der Waals surface area contributed by atoms with Gasteiger partial charge in [0.05, 0.1) is 11.8 Å². The number of hydrazone groups is 1. The van der Waals surface area contributed by atoms with E-state index >= 15 is 0 Å². The highest BCUT2D eigenvalue weighted by Crippen LogP contribution is 2.27. The first-order chi connectivity index (χ1) is 12.6. The van der Waals surface area contributed by atoms with Gasteiger partial charge in [-0.25, -0.2) is 9.82 Å². The summed E-state index contributed by atoms with van der Waals surface area (Å²) in [6.45, 7) is -3.00. The van der Waals surface area contributed by atoms with Crippen LogP contribution in [-0.4, -0.2) is 18.7 Å². The summed E-state index contributed by atoms with van der Waals surface area (Å²) in [6, 6.07) is 15.5. The van der Waals surface area contributed by atoms with E-state index in [2.05, 4.69) is 15.3 Å². The first kappa shape index (κ1) is 17.5. The predicted molar refractivity (Wildman–Crippen MR) is 92.0 cm³/mol. The Morgan fingerprint density at radius 1 is 1.04 bits per heavy atom. The van der Waals surface area contributed by atoms with E-state index in [-0.39, 0.29) is 16.9 Å². The second-order valence-electron chi connectivity index (χ2n) is 5.26. The lowest BCUT2D eigenvalue weighted by atomic mass is 10.0. The molecule has 0 bridgehead atoms. The van der Waals surface area contributed by atoms with Crippen LogP contribution in [0.2, 0.25) is 0 Å². The lowest BCUT2D eigenvalue weighted by Crippen LogP contribution is -2.19. The second kappa shape index (κ2) is 7.69. The van der Waals surface area contributed by atoms with Crippen molar-refractivity contribution < 1.29 is 22.7 Å². The summed E-state index contributed by atoms with van der Waals surface area (Å²) in [5.74, 6) is -1.52. The van der Waals surface area contributed by atoms with Crippen LogP contribution in [0.15, 0.2) is 65.8 Å². The Balaban J connectivity index is 1.90. The van der Waals surface area contributed by atoms with Crippen LogP contribution in [0.25, 0.3) is 10.8 Å². The van der Waals surface area contributed by atoms with E-state index in [1.54, 1.807) is 30.3 Å². The Morgan fingerprint density at radius 3 is 2.54 bits per heavy atom. The number of hydrogen-bond acceptors (Lipinski definition) is 3. The molecule has 132 valence electrons. The van der Waals surface area contributed by atoms with Gasteiger partial charge in [0.15, 0.2) is 0 Å². The van der Waals surface area contributed by atoms with Gasteiger partial charge in [-0.2, -0.15) is 13.9 Å². The molecule has 0 spiro atoms.